The summed E-state index contributed by atoms with van der Waals surface area (Å²) in [4.78, 5) is 11.9. The van der Waals surface area contributed by atoms with Crippen molar-refractivity contribution in [1.82, 2.24) is 5.32 Å². The van der Waals surface area contributed by atoms with Gasteiger partial charge in [-0.25, -0.2) is 8.78 Å². The lowest BCUT2D eigenvalue weighted by atomic mass is 10.0. The summed E-state index contributed by atoms with van der Waals surface area (Å²) in [7, 11) is 0. The number of hydrogen-bond donors (Lipinski definition) is 1. The van der Waals surface area contributed by atoms with Crippen molar-refractivity contribution in [2.45, 2.75) is 44.8 Å². The topological polar surface area (TPSA) is 47.6 Å². The van der Waals surface area contributed by atoms with Gasteiger partial charge in [-0.3, -0.25) is 4.79 Å². The zero-order valence-corrected chi connectivity index (χ0v) is 13.3. The minimum Gasteiger partial charge on any atom is -0.378 e. The number of nitrogens with one attached hydrogen (secondary N) is 1. The monoisotopic (exact) mass is 327 g/mol. The molecule has 2 rings (SSSR count). The normalized spacial score (nSPS) is 18.8. The molecule has 0 aromatic heterocycles. The fraction of sp³-hybridized carbons (Fsp3) is 0.588. The Balaban J connectivity index is 1.75. The summed E-state index contributed by atoms with van der Waals surface area (Å²) in [6.45, 7) is 3.41. The van der Waals surface area contributed by atoms with E-state index in [1.807, 2.05) is 6.92 Å². The number of ether oxygens (including phenoxy) is 2. The number of benzene rings is 1. The SMILES string of the molecule is CC[C@H](NC(=O)CCOC[C@@H]1CCCO1)c1ccc(F)cc1F. The number of hydrogen-bond acceptors (Lipinski definition) is 3. The van der Waals surface area contributed by atoms with Crippen LogP contribution in [0.25, 0.3) is 0 Å². The quantitative estimate of drug-likeness (QED) is 0.746. The van der Waals surface area contributed by atoms with E-state index in [1.54, 1.807) is 0 Å². The highest BCUT2D eigenvalue weighted by Crippen LogP contribution is 2.21. The van der Waals surface area contributed by atoms with Crippen molar-refractivity contribution in [3.05, 3.63) is 35.4 Å². The van der Waals surface area contributed by atoms with E-state index >= 15 is 0 Å². The molecule has 1 saturated heterocycles. The Morgan fingerprint density at radius 3 is 2.96 bits per heavy atom. The van der Waals surface area contributed by atoms with Crippen LogP contribution in [0, 0.1) is 11.6 Å². The molecule has 0 radical (unpaired) electrons. The maximum absolute atomic E-state index is 13.8. The van der Waals surface area contributed by atoms with E-state index in [2.05, 4.69) is 5.32 Å². The Kier molecular flexibility index (Phi) is 6.92. The van der Waals surface area contributed by atoms with Crippen LogP contribution in [0.4, 0.5) is 8.78 Å². The maximum atomic E-state index is 13.8. The van der Waals surface area contributed by atoms with Gasteiger partial charge in [-0.2, -0.15) is 0 Å². The highest BCUT2D eigenvalue weighted by molar-refractivity contribution is 5.76. The Bertz CT molecular complexity index is 519. The second-order valence-corrected chi connectivity index (χ2v) is 5.65. The van der Waals surface area contributed by atoms with Gasteiger partial charge in [0.2, 0.25) is 5.91 Å². The van der Waals surface area contributed by atoms with Gasteiger partial charge < -0.3 is 14.8 Å². The first-order chi connectivity index (χ1) is 11.1. The van der Waals surface area contributed by atoms with Gasteiger partial charge in [0.15, 0.2) is 0 Å². The predicted octanol–water partition coefficient (Wildman–Crippen LogP) is 3.12. The molecule has 1 aromatic carbocycles. The highest BCUT2D eigenvalue weighted by Gasteiger charge is 2.18. The van der Waals surface area contributed by atoms with Gasteiger partial charge in [-0.05, 0) is 25.3 Å². The molecule has 1 amide bonds. The third kappa shape index (κ3) is 5.55. The molecule has 6 heteroatoms. The molecule has 1 fully saturated rings. The van der Waals surface area contributed by atoms with E-state index in [-0.39, 0.29) is 18.4 Å². The Labute approximate surface area is 135 Å². The summed E-state index contributed by atoms with van der Waals surface area (Å²) in [6.07, 6.45) is 2.90. The first kappa shape index (κ1) is 17.8. The van der Waals surface area contributed by atoms with Crippen molar-refractivity contribution >= 4 is 5.91 Å². The number of rotatable bonds is 8. The van der Waals surface area contributed by atoms with Crippen LogP contribution >= 0.6 is 0 Å². The van der Waals surface area contributed by atoms with Gasteiger partial charge in [-0.15, -0.1) is 0 Å². The molecular formula is C17H23F2NO3. The van der Waals surface area contributed by atoms with E-state index in [1.165, 1.54) is 12.1 Å². The third-order valence-electron chi connectivity index (χ3n) is 3.88. The van der Waals surface area contributed by atoms with E-state index in [9.17, 15) is 13.6 Å². The lowest BCUT2D eigenvalue weighted by Crippen LogP contribution is -2.29. The first-order valence-electron chi connectivity index (χ1n) is 8.03. The van der Waals surface area contributed by atoms with Crippen LogP contribution in [0.2, 0.25) is 0 Å². The van der Waals surface area contributed by atoms with Gasteiger partial charge in [0.05, 0.1) is 25.4 Å². The highest BCUT2D eigenvalue weighted by atomic mass is 19.1. The fourth-order valence-corrected chi connectivity index (χ4v) is 2.61. The Morgan fingerprint density at radius 2 is 2.30 bits per heavy atom. The van der Waals surface area contributed by atoms with Crippen LogP contribution in [-0.2, 0) is 14.3 Å². The Hall–Kier alpha value is -1.53. The largest absolute Gasteiger partial charge is 0.378 e. The number of carbonyl (C=O) groups excluding carboxylic acids is 1. The van der Waals surface area contributed by atoms with Gasteiger partial charge in [0, 0.05) is 24.7 Å². The van der Waals surface area contributed by atoms with Crippen LogP contribution in [0.3, 0.4) is 0 Å². The lowest BCUT2D eigenvalue weighted by Gasteiger charge is -2.18. The van der Waals surface area contributed by atoms with E-state index in [0.29, 0.717) is 25.2 Å². The summed E-state index contributed by atoms with van der Waals surface area (Å²) in [6, 6.07) is 2.92. The summed E-state index contributed by atoms with van der Waals surface area (Å²) < 4.78 is 37.6. The minimum atomic E-state index is -0.646. The Morgan fingerprint density at radius 1 is 1.48 bits per heavy atom. The minimum absolute atomic E-state index is 0.134. The molecule has 128 valence electrons. The number of carbonyl (C=O) groups is 1. The van der Waals surface area contributed by atoms with E-state index in [0.717, 1.165) is 25.5 Å². The molecular weight excluding hydrogens is 304 g/mol. The molecule has 0 spiro atoms. The molecule has 2 atom stereocenters. The average Bonchev–Trinajstić information content (AvgIpc) is 3.03. The summed E-state index contributed by atoms with van der Waals surface area (Å²) in [5.41, 5.74) is 0.294. The second kappa shape index (κ2) is 8.93. The molecule has 1 N–H and O–H groups in total. The van der Waals surface area contributed by atoms with Gasteiger partial charge in [-0.1, -0.05) is 13.0 Å². The fourth-order valence-electron chi connectivity index (χ4n) is 2.61. The molecule has 0 bridgehead atoms. The van der Waals surface area contributed by atoms with Crippen molar-refractivity contribution in [2.75, 3.05) is 19.8 Å². The van der Waals surface area contributed by atoms with Crippen molar-refractivity contribution in [3.63, 3.8) is 0 Å². The number of amides is 1. The van der Waals surface area contributed by atoms with Crippen LogP contribution in [-0.4, -0.2) is 31.8 Å². The van der Waals surface area contributed by atoms with Gasteiger partial charge >= 0.3 is 0 Å². The zero-order valence-electron chi connectivity index (χ0n) is 13.3. The third-order valence-corrected chi connectivity index (χ3v) is 3.88. The first-order valence-corrected chi connectivity index (χ1v) is 8.03. The molecule has 1 heterocycles. The molecule has 1 aliphatic rings. The molecule has 0 aliphatic carbocycles. The molecule has 1 aromatic rings. The van der Waals surface area contributed by atoms with E-state index < -0.39 is 17.7 Å². The van der Waals surface area contributed by atoms with Crippen molar-refractivity contribution in [2.24, 2.45) is 0 Å². The summed E-state index contributed by atoms with van der Waals surface area (Å²) >= 11 is 0. The predicted molar refractivity (Wildman–Crippen MR) is 81.9 cm³/mol. The number of halogens is 2. The van der Waals surface area contributed by atoms with Crippen molar-refractivity contribution in [1.29, 1.82) is 0 Å². The van der Waals surface area contributed by atoms with Crippen molar-refractivity contribution in [3.8, 4) is 0 Å². The molecule has 4 nitrogen and oxygen atoms in total. The lowest BCUT2D eigenvalue weighted by molar-refractivity contribution is -0.123. The second-order valence-electron chi connectivity index (χ2n) is 5.65. The van der Waals surface area contributed by atoms with Gasteiger partial charge in [0.25, 0.3) is 0 Å². The van der Waals surface area contributed by atoms with Crippen LogP contribution in [0.5, 0.6) is 0 Å². The molecule has 1 aliphatic heterocycles. The average molecular weight is 327 g/mol. The molecule has 23 heavy (non-hydrogen) atoms. The molecule has 0 saturated carbocycles. The van der Waals surface area contributed by atoms with Crippen LogP contribution in [0.15, 0.2) is 18.2 Å². The zero-order chi connectivity index (χ0) is 16.7. The van der Waals surface area contributed by atoms with Crippen molar-refractivity contribution < 1.29 is 23.0 Å². The summed E-state index contributed by atoms with van der Waals surface area (Å²) in [5, 5.41) is 2.76. The van der Waals surface area contributed by atoms with E-state index in [4.69, 9.17) is 9.47 Å². The standard InChI is InChI=1S/C17H23F2NO3/c1-2-16(14-6-5-12(18)10-15(14)19)20-17(21)7-9-22-11-13-4-3-8-23-13/h5-6,10,13,16H,2-4,7-9,11H2,1H3,(H,20,21)/t13-,16-/m0/s1. The van der Waals surface area contributed by atoms with Crippen LogP contribution < -0.4 is 5.32 Å². The van der Waals surface area contributed by atoms with Crippen LogP contribution in [0.1, 0.15) is 44.2 Å². The smallest absolute Gasteiger partial charge is 0.222 e. The van der Waals surface area contributed by atoms with Gasteiger partial charge in [0.1, 0.15) is 11.6 Å². The molecule has 0 unspecified atom stereocenters. The summed E-state index contributed by atoms with van der Waals surface area (Å²) in [5.74, 6) is -1.49. The maximum Gasteiger partial charge on any atom is 0.222 e.